The van der Waals surface area contributed by atoms with E-state index < -0.39 is 13.7 Å². The zero-order valence-corrected chi connectivity index (χ0v) is 24.4. The molecule has 1 N–H and O–H groups in total. The molecule has 10 heteroatoms. The van der Waals surface area contributed by atoms with Gasteiger partial charge in [0.05, 0.1) is 9.77 Å². The van der Waals surface area contributed by atoms with Crippen molar-refractivity contribution in [1.82, 2.24) is 19.9 Å². The van der Waals surface area contributed by atoms with Crippen LogP contribution >= 0.6 is 22.6 Å². The van der Waals surface area contributed by atoms with Gasteiger partial charge < -0.3 is 24.3 Å². The van der Waals surface area contributed by atoms with E-state index in [1.807, 2.05) is 27.0 Å². The summed E-state index contributed by atoms with van der Waals surface area (Å²) in [7, 11) is -1.12. The minimum absolute atomic E-state index is 0.130. The number of carbonyl (C=O) groups excluding carboxylic acids is 1. The number of aromatic nitrogens is 3. The lowest BCUT2D eigenvalue weighted by Gasteiger charge is -2.39. The number of rotatable bonds is 7. The molecule has 2 aliphatic rings. The molecule has 2 aliphatic heterocycles. The molecule has 4 heterocycles. The smallest absolute Gasteiger partial charge is 0.407 e. The van der Waals surface area contributed by atoms with Gasteiger partial charge in [-0.05, 0) is 75.1 Å². The van der Waals surface area contributed by atoms with Gasteiger partial charge in [0, 0.05) is 39.0 Å². The Hall–Kier alpha value is -1.40. The Labute approximate surface area is 217 Å². The second-order valence-electron chi connectivity index (χ2n) is 11.8. The highest BCUT2D eigenvalue weighted by atomic mass is 127. The summed E-state index contributed by atoms with van der Waals surface area (Å²) in [5.74, 6) is 0.925. The van der Waals surface area contributed by atoms with Gasteiger partial charge in [-0.15, -0.1) is 0 Å². The van der Waals surface area contributed by atoms with Crippen molar-refractivity contribution in [2.75, 3.05) is 11.5 Å². The number of fused-ring (bicyclic) bond motifs is 3. The van der Waals surface area contributed by atoms with Gasteiger partial charge in [0.15, 0.2) is 5.65 Å². The number of ether oxygens (including phenoxy) is 2. The van der Waals surface area contributed by atoms with Crippen LogP contribution in [0.4, 0.5) is 10.6 Å². The highest BCUT2D eigenvalue weighted by Crippen LogP contribution is 2.39. The predicted molar refractivity (Wildman–Crippen MR) is 146 cm³/mol. The molecule has 1 amide bonds. The average molecular weight is 600 g/mol. The minimum atomic E-state index is -1.12. The third-order valence-electron chi connectivity index (χ3n) is 6.45. The van der Waals surface area contributed by atoms with Crippen LogP contribution in [-0.2, 0) is 16.2 Å². The zero-order chi connectivity index (χ0) is 24.7. The Bertz CT molecular complexity index is 1020. The Morgan fingerprint density at radius 2 is 1.91 bits per heavy atom. The summed E-state index contributed by atoms with van der Waals surface area (Å²) in [4.78, 5) is 24.5. The SMILES string of the molecule is CC(C)(C)OC(=O)N[C@@H]1C[C@H]2CC[C@@H](C1)N2c1cnc2c(I)cn(COCC[Si](C)(C)C)c2n1. The Morgan fingerprint density at radius 3 is 2.53 bits per heavy atom. The Kier molecular flexibility index (Phi) is 7.50. The van der Waals surface area contributed by atoms with Crippen molar-refractivity contribution in [1.29, 1.82) is 0 Å². The number of carbonyl (C=O) groups is 1. The number of piperidine rings is 1. The molecular weight excluding hydrogens is 561 g/mol. The molecule has 2 fully saturated rings. The van der Waals surface area contributed by atoms with E-state index in [1.54, 1.807) is 0 Å². The monoisotopic (exact) mass is 599 g/mol. The fraction of sp³-hybridized carbons (Fsp3) is 0.708. The summed E-state index contributed by atoms with van der Waals surface area (Å²) in [5.41, 5.74) is 1.31. The van der Waals surface area contributed by atoms with Crippen molar-refractivity contribution in [2.24, 2.45) is 0 Å². The van der Waals surface area contributed by atoms with E-state index in [-0.39, 0.29) is 12.1 Å². The molecule has 0 saturated carbocycles. The molecule has 2 aromatic heterocycles. The van der Waals surface area contributed by atoms with Gasteiger partial charge in [-0.25, -0.2) is 14.8 Å². The second-order valence-corrected chi connectivity index (χ2v) is 18.6. The lowest BCUT2D eigenvalue weighted by molar-refractivity contribution is 0.0492. The van der Waals surface area contributed by atoms with Crippen LogP contribution < -0.4 is 10.2 Å². The third kappa shape index (κ3) is 6.23. The van der Waals surface area contributed by atoms with Crippen molar-refractivity contribution < 1.29 is 14.3 Å². The van der Waals surface area contributed by atoms with E-state index in [2.05, 4.69) is 63.2 Å². The summed E-state index contributed by atoms with van der Waals surface area (Å²) in [6.45, 7) is 14.0. The molecule has 4 rings (SSSR count). The summed E-state index contributed by atoms with van der Waals surface area (Å²) in [6, 6.07) is 1.97. The normalized spacial score (nSPS) is 22.9. The number of halogens is 1. The lowest BCUT2D eigenvalue weighted by atomic mass is 9.97. The first kappa shape index (κ1) is 25.7. The molecular formula is C24H38IN5O3Si. The molecule has 0 radical (unpaired) electrons. The standard InChI is InChI=1S/C24H38IN5O3Si/c1-24(2,3)33-23(31)27-16-11-17-7-8-18(12-16)30(17)20-13-26-21-19(25)14-29(22(21)28-20)15-32-9-10-34(4,5)6/h13-14,16-18H,7-12,15H2,1-6H3,(H,27,31)/t16-,17-,18+. The molecule has 0 aromatic carbocycles. The third-order valence-corrected chi connectivity index (χ3v) is 8.95. The summed E-state index contributed by atoms with van der Waals surface area (Å²) in [6.07, 6.45) is 7.67. The minimum Gasteiger partial charge on any atom is -0.444 e. The Morgan fingerprint density at radius 1 is 1.24 bits per heavy atom. The average Bonchev–Trinajstić information content (AvgIpc) is 3.16. The topological polar surface area (TPSA) is 81.5 Å². The predicted octanol–water partition coefficient (Wildman–Crippen LogP) is 5.37. The van der Waals surface area contributed by atoms with Crippen molar-refractivity contribution >= 4 is 53.7 Å². The van der Waals surface area contributed by atoms with Gasteiger partial charge in [-0.2, -0.15) is 0 Å². The van der Waals surface area contributed by atoms with Crippen LogP contribution in [0.15, 0.2) is 12.4 Å². The van der Waals surface area contributed by atoms with E-state index in [0.717, 1.165) is 58.9 Å². The molecule has 3 atom stereocenters. The number of nitrogens with one attached hydrogen (secondary N) is 1. The Balaban J connectivity index is 1.45. The molecule has 188 valence electrons. The maximum Gasteiger partial charge on any atom is 0.407 e. The number of alkyl carbamates (subject to hydrolysis) is 1. The van der Waals surface area contributed by atoms with Gasteiger partial charge in [0.25, 0.3) is 0 Å². The fourth-order valence-electron chi connectivity index (χ4n) is 4.91. The van der Waals surface area contributed by atoms with E-state index in [0.29, 0.717) is 18.8 Å². The van der Waals surface area contributed by atoms with Crippen molar-refractivity contribution in [2.45, 2.75) is 103 Å². The molecule has 0 aliphatic carbocycles. The molecule has 0 spiro atoms. The molecule has 8 nitrogen and oxygen atoms in total. The van der Waals surface area contributed by atoms with Crippen molar-refractivity contribution in [3.63, 3.8) is 0 Å². The number of hydrogen-bond donors (Lipinski definition) is 1. The fourth-order valence-corrected chi connectivity index (χ4v) is 6.38. The van der Waals surface area contributed by atoms with Crippen LogP contribution in [-0.4, -0.2) is 59.0 Å². The molecule has 34 heavy (non-hydrogen) atoms. The first-order valence-electron chi connectivity index (χ1n) is 12.3. The van der Waals surface area contributed by atoms with Crippen molar-refractivity contribution in [3.8, 4) is 0 Å². The van der Waals surface area contributed by atoms with E-state index in [9.17, 15) is 4.79 Å². The van der Waals surface area contributed by atoms with Crippen LogP contribution in [0.25, 0.3) is 11.2 Å². The van der Waals surface area contributed by atoms with Gasteiger partial charge in [0.1, 0.15) is 23.7 Å². The highest BCUT2D eigenvalue weighted by Gasteiger charge is 2.42. The van der Waals surface area contributed by atoms with Crippen LogP contribution in [0.2, 0.25) is 25.7 Å². The summed E-state index contributed by atoms with van der Waals surface area (Å²) >= 11 is 2.32. The van der Waals surface area contributed by atoms with E-state index in [4.69, 9.17) is 19.4 Å². The summed E-state index contributed by atoms with van der Waals surface area (Å²) in [5, 5.41) is 3.09. The van der Waals surface area contributed by atoms with Gasteiger partial charge in [-0.3, -0.25) is 0 Å². The largest absolute Gasteiger partial charge is 0.444 e. The number of hydrogen-bond acceptors (Lipinski definition) is 6. The number of nitrogens with zero attached hydrogens (tertiary/aromatic N) is 4. The van der Waals surface area contributed by atoms with E-state index in [1.165, 1.54) is 0 Å². The van der Waals surface area contributed by atoms with Gasteiger partial charge in [0.2, 0.25) is 0 Å². The van der Waals surface area contributed by atoms with Gasteiger partial charge in [-0.1, -0.05) is 19.6 Å². The number of amides is 1. The van der Waals surface area contributed by atoms with Crippen LogP contribution in [0, 0.1) is 3.57 Å². The van der Waals surface area contributed by atoms with Crippen LogP contribution in [0.1, 0.15) is 46.5 Å². The molecule has 0 unspecified atom stereocenters. The lowest BCUT2D eigenvalue weighted by Crippen LogP contribution is -2.51. The van der Waals surface area contributed by atoms with Crippen LogP contribution in [0.3, 0.4) is 0 Å². The first-order chi connectivity index (χ1) is 15.9. The molecule has 2 aromatic rings. The van der Waals surface area contributed by atoms with Crippen molar-refractivity contribution in [3.05, 3.63) is 16.0 Å². The van der Waals surface area contributed by atoms with Gasteiger partial charge >= 0.3 is 6.09 Å². The zero-order valence-electron chi connectivity index (χ0n) is 21.2. The highest BCUT2D eigenvalue weighted by molar-refractivity contribution is 14.1. The van der Waals surface area contributed by atoms with E-state index >= 15 is 0 Å². The quantitative estimate of drug-likeness (QED) is 0.262. The summed E-state index contributed by atoms with van der Waals surface area (Å²) < 4.78 is 14.6. The number of anilines is 1. The second kappa shape index (κ2) is 9.92. The van der Waals surface area contributed by atoms with Crippen LogP contribution in [0.5, 0.6) is 0 Å². The maximum absolute atomic E-state index is 12.3. The molecule has 2 saturated heterocycles. The first-order valence-corrected chi connectivity index (χ1v) is 17.1. The molecule has 2 bridgehead atoms. The maximum atomic E-state index is 12.3.